The molecule has 2 heterocycles. The summed E-state index contributed by atoms with van der Waals surface area (Å²) in [5.41, 5.74) is -0.0831. The molecule has 1 unspecified atom stereocenters. The van der Waals surface area contributed by atoms with E-state index in [0.717, 1.165) is 12.8 Å². The zero-order valence-corrected chi connectivity index (χ0v) is 17.2. The number of hydrogen-bond acceptors (Lipinski definition) is 6. The standard InChI is InChI=1S/C19H31N3O3S/c1-6-7-8-9-10-11-20-17(23)15-12-21-18(26-15)25-16-13-22(14(2)24-16)19(3,4)5/h12,16H,2,6-11,13H2,1,3-5H3,(H,20,23). The molecule has 7 heteroatoms. The van der Waals surface area contributed by atoms with Crippen LogP contribution in [0.1, 0.15) is 69.5 Å². The van der Waals surface area contributed by atoms with E-state index in [1.54, 1.807) is 6.20 Å². The summed E-state index contributed by atoms with van der Waals surface area (Å²) < 4.78 is 11.4. The molecule has 1 saturated heterocycles. The first-order chi connectivity index (χ1) is 12.3. The molecule has 26 heavy (non-hydrogen) atoms. The summed E-state index contributed by atoms with van der Waals surface area (Å²) in [5.74, 6) is 0.501. The first-order valence-electron chi connectivity index (χ1n) is 9.35. The molecule has 0 saturated carbocycles. The van der Waals surface area contributed by atoms with Crippen molar-refractivity contribution in [1.29, 1.82) is 0 Å². The van der Waals surface area contributed by atoms with Gasteiger partial charge in [-0.15, -0.1) is 0 Å². The molecule has 1 aromatic heterocycles. The quantitative estimate of drug-likeness (QED) is 0.651. The van der Waals surface area contributed by atoms with Crippen LogP contribution >= 0.6 is 11.3 Å². The Morgan fingerprint density at radius 3 is 2.81 bits per heavy atom. The number of nitrogens with one attached hydrogen (secondary N) is 1. The number of nitrogens with zero attached hydrogens (tertiary/aromatic N) is 2. The minimum Gasteiger partial charge on any atom is -0.438 e. The van der Waals surface area contributed by atoms with Crippen molar-refractivity contribution in [1.82, 2.24) is 15.2 Å². The summed E-state index contributed by atoms with van der Waals surface area (Å²) in [6, 6.07) is 0. The van der Waals surface area contributed by atoms with Gasteiger partial charge in [0.05, 0.1) is 12.7 Å². The Balaban J connectivity index is 1.77. The number of aromatic nitrogens is 1. The highest BCUT2D eigenvalue weighted by Crippen LogP contribution is 2.30. The van der Waals surface area contributed by atoms with Crippen LogP contribution in [0.25, 0.3) is 0 Å². The number of ether oxygens (including phenoxy) is 2. The Morgan fingerprint density at radius 2 is 2.15 bits per heavy atom. The Morgan fingerprint density at radius 1 is 1.42 bits per heavy atom. The molecule has 0 bridgehead atoms. The maximum absolute atomic E-state index is 12.2. The summed E-state index contributed by atoms with van der Waals surface area (Å²) in [5, 5.41) is 3.38. The van der Waals surface area contributed by atoms with Crippen LogP contribution in [0.2, 0.25) is 0 Å². The van der Waals surface area contributed by atoms with Gasteiger partial charge in [0.2, 0.25) is 0 Å². The maximum Gasteiger partial charge on any atom is 0.277 e. The van der Waals surface area contributed by atoms with Gasteiger partial charge in [0, 0.05) is 12.1 Å². The summed E-state index contributed by atoms with van der Waals surface area (Å²) in [6.45, 7) is 13.7. The van der Waals surface area contributed by atoms with Crippen LogP contribution in [0, 0.1) is 0 Å². The van der Waals surface area contributed by atoms with Crippen LogP contribution in [0.4, 0.5) is 0 Å². The summed E-state index contributed by atoms with van der Waals surface area (Å²) >= 11 is 1.24. The van der Waals surface area contributed by atoms with Gasteiger partial charge in [0.1, 0.15) is 4.88 Å². The minimum absolute atomic E-state index is 0.0831. The van der Waals surface area contributed by atoms with E-state index in [4.69, 9.17) is 9.47 Å². The van der Waals surface area contributed by atoms with Crippen molar-refractivity contribution in [2.45, 2.75) is 71.6 Å². The van der Waals surface area contributed by atoms with Gasteiger partial charge in [-0.25, -0.2) is 4.98 Å². The van der Waals surface area contributed by atoms with E-state index in [0.29, 0.717) is 29.0 Å². The van der Waals surface area contributed by atoms with Gasteiger partial charge in [-0.1, -0.05) is 43.9 Å². The zero-order valence-electron chi connectivity index (χ0n) is 16.3. The maximum atomic E-state index is 12.2. The van der Waals surface area contributed by atoms with Crippen molar-refractivity contribution in [3.8, 4) is 5.19 Å². The Kier molecular flexibility index (Phi) is 7.32. The van der Waals surface area contributed by atoms with Crippen molar-refractivity contribution >= 4 is 17.2 Å². The molecule has 1 fully saturated rings. The fraction of sp³-hybridized carbons (Fsp3) is 0.684. The predicted octanol–water partition coefficient (Wildman–Crippen LogP) is 4.15. The lowest BCUT2D eigenvalue weighted by Gasteiger charge is -2.31. The lowest BCUT2D eigenvalue weighted by Crippen LogP contribution is -2.39. The third kappa shape index (κ3) is 5.90. The number of unbranched alkanes of at least 4 members (excludes halogenated alkanes) is 4. The van der Waals surface area contributed by atoms with Crippen molar-refractivity contribution in [2.24, 2.45) is 0 Å². The molecule has 0 aromatic carbocycles. The molecule has 0 aliphatic carbocycles. The highest BCUT2D eigenvalue weighted by Gasteiger charge is 2.35. The molecule has 1 N–H and O–H groups in total. The van der Waals surface area contributed by atoms with E-state index < -0.39 is 6.29 Å². The number of hydrogen-bond donors (Lipinski definition) is 1. The Hall–Kier alpha value is -1.76. The third-order valence-electron chi connectivity index (χ3n) is 4.22. The van der Waals surface area contributed by atoms with E-state index in [-0.39, 0.29) is 11.4 Å². The van der Waals surface area contributed by atoms with Gasteiger partial charge in [-0.05, 0) is 33.8 Å². The third-order valence-corrected chi connectivity index (χ3v) is 5.10. The van der Waals surface area contributed by atoms with Gasteiger partial charge in [-0.2, -0.15) is 0 Å². The molecule has 0 spiro atoms. The van der Waals surface area contributed by atoms with Crippen molar-refractivity contribution in [3.63, 3.8) is 0 Å². The topological polar surface area (TPSA) is 63.7 Å². The summed E-state index contributed by atoms with van der Waals surface area (Å²) in [6.07, 6.45) is 6.96. The zero-order chi connectivity index (χ0) is 19.2. The van der Waals surface area contributed by atoms with Crippen molar-refractivity contribution in [3.05, 3.63) is 23.5 Å². The van der Waals surface area contributed by atoms with Crippen LogP contribution in [0.15, 0.2) is 18.7 Å². The second-order valence-corrected chi connectivity index (χ2v) is 8.49. The second-order valence-electron chi connectivity index (χ2n) is 7.50. The number of amides is 1. The average molecular weight is 382 g/mol. The summed E-state index contributed by atoms with van der Waals surface area (Å²) in [4.78, 5) is 19.0. The van der Waals surface area contributed by atoms with Crippen LogP contribution < -0.4 is 10.1 Å². The molecular weight excluding hydrogens is 350 g/mol. The second kappa shape index (κ2) is 9.26. The van der Waals surface area contributed by atoms with Gasteiger partial charge in [-0.3, -0.25) is 4.79 Å². The molecule has 1 atom stereocenters. The lowest BCUT2D eigenvalue weighted by atomic mass is 10.1. The first-order valence-corrected chi connectivity index (χ1v) is 10.2. The number of carbonyl (C=O) groups is 1. The highest BCUT2D eigenvalue weighted by atomic mass is 32.1. The van der Waals surface area contributed by atoms with Gasteiger partial charge in [0.15, 0.2) is 5.88 Å². The molecule has 1 amide bonds. The van der Waals surface area contributed by atoms with Gasteiger partial charge >= 0.3 is 0 Å². The van der Waals surface area contributed by atoms with E-state index in [1.807, 2.05) is 0 Å². The van der Waals surface area contributed by atoms with Crippen molar-refractivity contribution in [2.75, 3.05) is 13.1 Å². The number of carbonyl (C=O) groups excluding carboxylic acids is 1. The molecule has 1 aliphatic rings. The Labute approximate surface area is 160 Å². The van der Waals surface area contributed by atoms with E-state index in [2.05, 4.69) is 49.5 Å². The van der Waals surface area contributed by atoms with E-state index in [1.165, 1.54) is 30.6 Å². The van der Waals surface area contributed by atoms with Crippen LogP contribution in [0.3, 0.4) is 0 Å². The Bertz CT molecular complexity index is 609. The monoisotopic (exact) mass is 381 g/mol. The number of thiazole rings is 1. The SMILES string of the molecule is C=C1OC(Oc2ncc(C(=O)NCCCCCCC)s2)CN1C(C)(C)C. The average Bonchev–Trinajstić information content (AvgIpc) is 3.17. The van der Waals surface area contributed by atoms with Crippen molar-refractivity contribution < 1.29 is 14.3 Å². The molecular formula is C19H31N3O3S. The highest BCUT2D eigenvalue weighted by molar-refractivity contribution is 7.15. The predicted molar refractivity (Wildman–Crippen MR) is 104 cm³/mol. The molecule has 146 valence electrons. The molecule has 6 nitrogen and oxygen atoms in total. The molecule has 2 rings (SSSR count). The van der Waals surface area contributed by atoms with Crippen LogP contribution in [-0.4, -0.2) is 40.7 Å². The first kappa shape index (κ1) is 20.6. The smallest absolute Gasteiger partial charge is 0.277 e. The van der Waals surface area contributed by atoms with Crippen LogP contribution in [-0.2, 0) is 4.74 Å². The number of rotatable bonds is 9. The largest absolute Gasteiger partial charge is 0.438 e. The molecule has 1 aromatic rings. The molecule has 0 radical (unpaired) electrons. The van der Waals surface area contributed by atoms with E-state index in [9.17, 15) is 4.79 Å². The normalized spacial score (nSPS) is 17.3. The van der Waals surface area contributed by atoms with Crippen LogP contribution in [0.5, 0.6) is 5.19 Å². The fourth-order valence-corrected chi connectivity index (χ4v) is 3.48. The summed E-state index contributed by atoms with van der Waals surface area (Å²) in [7, 11) is 0. The fourth-order valence-electron chi connectivity index (χ4n) is 2.76. The lowest BCUT2D eigenvalue weighted by molar-refractivity contribution is -0.00479. The van der Waals surface area contributed by atoms with E-state index >= 15 is 0 Å². The minimum atomic E-state index is -0.456. The van der Waals surface area contributed by atoms with Gasteiger partial charge < -0.3 is 19.7 Å². The van der Waals surface area contributed by atoms with Gasteiger partial charge in [0.25, 0.3) is 17.4 Å². The molecule has 1 aliphatic heterocycles.